The first-order valence-electron chi connectivity index (χ1n) is 10.6. The maximum atomic E-state index is 11.9. The van der Waals surface area contributed by atoms with E-state index in [2.05, 4.69) is 40.2 Å². The number of hydrogen-bond acceptors (Lipinski definition) is 5. The lowest BCUT2D eigenvalue weighted by atomic mass is 10.00. The molecule has 0 unspecified atom stereocenters. The molecule has 2 aromatic carbocycles. The Balaban J connectivity index is 1.50. The molecular weight excluding hydrogens is 420 g/mol. The van der Waals surface area contributed by atoms with Gasteiger partial charge in [-0.25, -0.2) is 8.42 Å². The average Bonchev–Trinajstić information content (AvgIpc) is 3.28. The highest BCUT2D eigenvalue weighted by Gasteiger charge is 2.22. The summed E-state index contributed by atoms with van der Waals surface area (Å²) in [6.45, 7) is 1.67. The molecule has 0 atom stereocenters. The zero-order valence-corrected chi connectivity index (χ0v) is 18.4. The monoisotopic (exact) mass is 444 g/mol. The van der Waals surface area contributed by atoms with Crippen molar-refractivity contribution in [2.75, 3.05) is 29.5 Å². The first kappa shape index (κ1) is 20.5. The van der Waals surface area contributed by atoms with Crippen LogP contribution in [-0.4, -0.2) is 47.8 Å². The lowest BCUT2D eigenvalue weighted by Crippen LogP contribution is -2.40. The van der Waals surface area contributed by atoms with Crippen LogP contribution >= 0.6 is 0 Å². The molecule has 0 amide bonds. The number of hydrogen-bond donors (Lipinski definition) is 0. The minimum atomic E-state index is -2.94. The molecule has 0 N–H and O–H groups in total. The molecule has 2 aromatic heterocycles. The smallest absolute Gasteiger partial charge is 0.153 e. The third kappa shape index (κ3) is 4.57. The third-order valence-corrected chi connectivity index (χ3v) is 7.35. The zero-order valence-electron chi connectivity index (χ0n) is 17.6. The van der Waals surface area contributed by atoms with Crippen LogP contribution in [0.3, 0.4) is 0 Å². The second-order valence-electron chi connectivity index (χ2n) is 8.03. The van der Waals surface area contributed by atoms with Gasteiger partial charge < -0.3 is 4.90 Å². The first-order valence-corrected chi connectivity index (χ1v) is 12.5. The molecule has 0 bridgehead atoms. The molecular formula is C25H24N4O2S. The van der Waals surface area contributed by atoms with E-state index in [9.17, 15) is 8.42 Å². The molecule has 0 spiro atoms. The highest BCUT2D eigenvalue weighted by Crippen LogP contribution is 2.32. The van der Waals surface area contributed by atoms with E-state index in [1.54, 1.807) is 6.20 Å². The van der Waals surface area contributed by atoms with Crippen LogP contribution in [0.2, 0.25) is 0 Å². The standard InChI is InChI=1S/C25H24N4O2S/c30-32(31)13-11-28(12-14-32)24-16-22(21-6-2-1-3-7-21)15-23(17-24)25-8-10-29(27-25)19-20-5-4-9-26-18-20/h1-10,15-18H,11-14,19H2. The molecule has 0 aliphatic carbocycles. The van der Waals surface area contributed by atoms with Gasteiger partial charge in [0.25, 0.3) is 0 Å². The quantitative estimate of drug-likeness (QED) is 0.467. The Kier molecular flexibility index (Phi) is 5.49. The number of nitrogens with zero attached hydrogens (tertiary/aromatic N) is 4. The summed E-state index contributed by atoms with van der Waals surface area (Å²) in [7, 11) is -2.94. The highest BCUT2D eigenvalue weighted by atomic mass is 32.2. The maximum absolute atomic E-state index is 11.9. The summed E-state index contributed by atoms with van der Waals surface area (Å²) in [6, 6.07) is 22.6. The van der Waals surface area contributed by atoms with Crippen molar-refractivity contribution in [3.8, 4) is 22.4 Å². The lowest BCUT2D eigenvalue weighted by Gasteiger charge is -2.29. The van der Waals surface area contributed by atoms with Crippen molar-refractivity contribution in [2.24, 2.45) is 0 Å². The molecule has 32 heavy (non-hydrogen) atoms. The summed E-state index contributed by atoms with van der Waals surface area (Å²) in [5.74, 6) is 0.384. The van der Waals surface area contributed by atoms with Crippen molar-refractivity contribution in [3.05, 3.63) is 90.9 Å². The Labute approximate surface area is 188 Å². The minimum Gasteiger partial charge on any atom is -0.369 e. The zero-order chi connectivity index (χ0) is 22.0. The Morgan fingerprint density at radius 3 is 2.38 bits per heavy atom. The molecule has 1 fully saturated rings. The molecule has 4 aromatic rings. The summed E-state index contributed by atoms with van der Waals surface area (Å²) in [6.07, 6.45) is 5.59. The van der Waals surface area contributed by atoms with Crippen LogP contribution in [0.25, 0.3) is 22.4 Å². The van der Waals surface area contributed by atoms with Gasteiger partial charge >= 0.3 is 0 Å². The molecule has 1 aliphatic heterocycles. The van der Waals surface area contributed by atoms with Crippen LogP contribution in [0, 0.1) is 0 Å². The van der Waals surface area contributed by atoms with Gasteiger partial charge in [-0.3, -0.25) is 9.67 Å². The number of rotatable bonds is 5. The normalized spacial score (nSPS) is 15.6. The van der Waals surface area contributed by atoms with E-state index in [1.807, 2.05) is 53.5 Å². The highest BCUT2D eigenvalue weighted by molar-refractivity contribution is 7.91. The van der Waals surface area contributed by atoms with Crippen molar-refractivity contribution in [2.45, 2.75) is 6.54 Å². The number of sulfone groups is 1. The lowest BCUT2D eigenvalue weighted by molar-refractivity contribution is 0.587. The topological polar surface area (TPSA) is 68.1 Å². The summed E-state index contributed by atoms with van der Waals surface area (Å²) in [5.41, 5.74) is 6.23. The van der Waals surface area contributed by atoms with Crippen molar-refractivity contribution in [1.82, 2.24) is 14.8 Å². The Morgan fingerprint density at radius 1 is 0.844 bits per heavy atom. The van der Waals surface area contributed by atoms with Gasteiger partial charge in [0.05, 0.1) is 23.7 Å². The number of anilines is 1. The van der Waals surface area contributed by atoms with Gasteiger partial charge in [0.1, 0.15) is 0 Å². The predicted molar refractivity (Wildman–Crippen MR) is 127 cm³/mol. The van der Waals surface area contributed by atoms with Crippen molar-refractivity contribution < 1.29 is 8.42 Å². The summed E-state index contributed by atoms with van der Waals surface area (Å²) in [4.78, 5) is 6.33. The van der Waals surface area contributed by atoms with Crippen LogP contribution in [-0.2, 0) is 16.4 Å². The molecule has 162 valence electrons. The van der Waals surface area contributed by atoms with E-state index in [0.29, 0.717) is 19.6 Å². The van der Waals surface area contributed by atoms with Crippen LogP contribution in [0.1, 0.15) is 5.56 Å². The molecule has 3 heterocycles. The fourth-order valence-corrected chi connectivity index (χ4v) is 5.19. The van der Waals surface area contributed by atoms with E-state index in [1.165, 1.54) is 0 Å². The van der Waals surface area contributed by atoms with E-state index >= 15 is 0 Å². The van der Waals surface area contributed by atoms with Crippen LogP contribution in [0.4, 0.5) is 5.69 Å². The van der Waals surface area contributed by atoms with Gasteiger partial charge in [-0.2, -0.15) is 5.10 Å². The summed E-state index contributed by atoms with van der Waals surface area (Å²) in [5, 5.41) is 4.79. The SMILES string of the molecule is O=S1(=O)CCN(c2cc(-c3ccccc3)cc(-c3ccn(Cc4cccnc4)n3)c2)CC1. The Bertz CT molecular complexity index is 1300. The number of aromatic nitrogens is 3. The molecule has 1 saturated heterocycles. The third-order valence-electron chi connectivity index (χ3n) is 5.74. The van der Waals surface area contributed by atoms with E-state index in [-0.39, 0.29) is 11.5 Å². The largest absolute Gasteiger partial charge is 0.369 e. The van der Waals surface area contributed by atoms with Crippen molar-refractivity contribution in [1.29, 1.82) is 0 Å². The molecule has 7 heteroatoms. The predicted octanol–water partition coefficient (Wildman–Crippen LogP) is 3.90. The van der Waals surface area contributed by atoms with Gasteiger partial charge in [0.2, 0.25) is 0 Å². The fraction of sp³-hybridized carbons (Fsp3) is 0.200. The van der Waals surface area contributed by atoms with E-state index in [4.69, 9.17) is 5.10 Å². The van der Waals surface area contributed by atoms with Gasteiger partial charge in [-0.05, 0) is 47.0 Å². The number of pyridine rings is 1. The van der Waals surface area contributed by atoms with Gasteiger partial charge in [0.15, 0.2) is 9.84 Å². The van der Waals surface area contributed by atoms with Crippen molar-refractivity contribution >= 4 is 15.5 Å². The Morgan fingerprint density at radius 2 is 1.62 bits per heavy atom. The molecule has 0 radical (unpaired) electrons. The van der Waals surface area contributed by atoms with Crippen LogP contribution < -0.4 is 4.90 Å². The maximum Gasteiger partial charge on any atom is 0.153 e. The van der Waals surface area contributed by atoms with Gasteiger partial charge in [0, 0.05) is 42.9 Å². The minimum absolute atomic E-state index is 0.192. The van der Waals surface area contributed by atoms with Gasteiger partial charge in [-0.1, -0.05) is 36.4 Å². The average molecular weight is 445 g/mol. The second kappa shape index (κ2) is 8.59. The fourth-order valence-electron chi connectivity index (χ4n) is 3.99. The molecule has 6 nitrogen and oxygen atoms in total. The second-order valence-corrected chi connectivity index (χ2v) is 10.3. The number of benzene rings is 2. The molecule has 0 saturated carbocycles. The first-order chi connectivity index (χ1) is 15.6. The van der Waals surface area contributed by atoms with Gasteiger partial charge in [-0.15, -0.1) is 0 Å². The van der Waals surface area contributed by atoms with Crippen LogP contribution in [0.15, 0.2) is 85.3 Å². The molecule has 5 rings (SSSR count). The van der Waals surface area contributed by atoms with Crippen molar-refractivity contribution in [3.63, 3.8) is 0 Å². The van der Waals surface area contributed by atoms with E-state index < -0.39 is 9.84 Å². The summed E-state index contributed by atoms with van der Waals surface area (Å²) < 4.78 is 25.7. The molecule has 1 aliphatic rings. The van der Waals surface area contributed by atoms with E-state index in [0.717, 1.165) is 33.6 Å². The Hall–Kier alpha value is -3.45. The van der Waals surface area contributed by atoms with Crippen LogP contribution in [0.5, 0.6) is 0 Å². The summed E-state index contributed by atoms with van der Waals surface area (Å²) >= 11 is 0.